The maximum atomic E-state index is 11.2. The number of amides is 1. The van der Waals surface area contributed by atoms with Gasteiger partial charge in [-0.05, 0) is 13.3 Å². The van der Waals surface area contributed by atoms with Crippen molar-refractivity contribution in [2.45, 2.75) is 39.5 Å². The third-order valence-corrected chi connectivity index (χ3v) is 1.77. The molecule has 0 fully saturated rings. The third kappa shape index (κ3) is 7.96. The number of hydrogen-bond donors (Lipinski definition) is 1. The third-order valence-electron chi connectivity index (χ3n) is 1.77. The van der Waals surface area contributed by atoms with E-state index in [1.165, 1.54) is 0 Å². The van der Waals surface area contributed by atoms with Crippen molar-refractivity contribution in [2.75, 3.05) is 6.61 Å². The number of carbonyl (C=O) groups excluding carboxylic acids is 2. The van der Waals surface area contributed by atoms with Crippen molar-refractivity contribution in [3.05, 3.63) is 0 Å². The highest BCUT2D eigenvalue weighted by atomic mass is 16.5. The van der Waals surface area contributed by atoms with E-state index in [0.29, 0.717) is 18.7 Å². The summed E-state index contributed by atoms with van der Waals surface area (Å²) in [6.45, 7) is 3.99. The Hall–Kier alpha value is -1.90. The molecule has 0 bridgehead atoms. The normalized spacial score (nSPS) is 10.5. The first-order valence-corrected chi connectivity index (χ1v) is 5.50. The van der Waals surface area contributed by atoms with Gasteiger partial charge in [0.05, 0.1) is 19.1 Å². The number of rotatable bonds is 7. The SMILES string of the molecule is CCC/C(CC(=O)OCC)=N\NC(=O)CC#N. The molecule has 0 aliphatic carbocycles. The van der Waals surface area contributed by atoms with Crippen molar-refractivity contribution in [3.63, 3.8) is 0 Å². The Morgan fingerprint density at radius 2 is 2.12 bits per heavy atom. The molecule has 0 spiro atoms. The maximum Gasteiger partial charge on any atom is 0.311 e. The molecule has 6 nitrogen and oxygen atoms in total. The second-order valence-electron chi connectivity index (χ2n) is 3.28. The van der Waals surface area contributed by atoms with E-state index in [0.717, 1.165) is 6.42 Å². The summed E-state index contributed by atoms with van der Waals surface area (Å²) in [6.07, 6.45) is 1.23. The lowest BCUT2D eigenvalue weighted by molar-refractivity contribution is -0.141. The first kappa shape index (κ1) is 15.1. The van der Waals surface area contributed by atoms with Gasteiger partial charge < -0.3 is 4.74 Å². The van der Waals surface area contributed by atoms with E-state index in [-0.39, 0.29) is 18.8 Å². The van der Waals surface area contributed by atoms with E-state index in [1.807, 2.05) is 6.92 Å². The van der Waals surface area contributed by atoms with Crippen LogP contribution in [0.5, 0.6) is 0 Å². The van der Waals surface area contributed by atoms with Gasteiger partial charge >= 0.3 is 5.97 Å². The summed E-state index contributed by atoms with van der Waals surface area (Å²) in [4.78, 5) is 22.2. The number of ether oxygens (including phenoxy) is 1. The van der Waals surface area contributed by atoms with Crippen LogP contribution in [0, 0.1) is 11.3 Å². The van der Waals surface area contributed by atoms with Crippen LogP contribution in [-0.4, -0.2) is 24.2 Å². The number of esters is 1. The second-order valence-corrected chi connectivity index (χ2v) is 3.28. The van der Waals surface area contributed by atoms with Crippen LogP contribution in [0.4, 0.5) is 0 Å². The van der Waals surface area contributed by atoms with Gasteiger partial charge in [0, 0.05) is 5.71 Å². The largest absolute Gasteiger partial charge is 0.466 e. The van der Waals surface area contributed by atoms with Crippen molar-refractivity contribution in [2.24, 2.45) is 5.10 Å². The molecule has 0 atom stereocenters. The van der Waals surface area contributed by atoms with Crippen molar-refractivity contribution in [1.29, 1.82) is 5.26 Å². The zero-order valence-electron chi connectivity index (χ0n) is 10.2. The topological polar surface area (TPSA) is 91.5 Å². The first-order chi connectivity index (χ1) is 8.13. The Bertz CT molecular complexity index is 331. The van der Waals surface area contributed by atoms with Crippen LogP contribution in [0.2, 0.25) is 0 Å². The van der Waals surface area contributed by atoms with Crippen LogP contribution in [0.1, 0.15) is 39.5 Å². The summed E-state index contributed by atoms with van der Waals surface area (Å²) in [7, 11) is 0. The number of hydrazone groups is 1. The lowest BCUT2D eigenvalue weighted by Crippen LogP contribution is -2.20. The molecule has 1 amide bonds. The van der Waals surface area contributed by atoms with Gasteiger partial charge in [0.1, 0.15) is 6.42 Å². The Morgan fingerprint density at radius 1 is 1.41 bits per heavy atom. The Morgan fingerprint density at radius 3 is 2.65 bits per heavy atom. The lowest BCUT2D eigenvalue weighted by atomic mass is 10.2. The monoisotopic (exact) mass is 239 g/mol. The summed E-state index contributed by atoms with van der Waals surface area (Å²) in [6, 6.07) is 1.71. The summed E-state index contributed by atoms with van der Waals surface area (Å²) in [5.41, 5.74) is 2.79. The van der Waals surface area contributed by atoms with Gasteiger partial charge in [-0.2, -0.15) is 10.4 Å². The quantitative estimate of drug-likeness (QED) is 0.409. The summed E-state index contributed by atoms with van der Waals surface area (Å²) < 4.78 is 4.79. The lowest BCUT2D eigenvalue weighted by Gasteiger charge is -2.05. The molecule has 0 aromatic rings. The Labute approximate surface area is 101 Å². The van der Waals surface area contributed by atoms with E-state index < -0.39 is 5.91 Å². The molecular formula is C11H17N3O3. The van der Waals surface area contributed by atoms with Crippen LogP contribution in [-0.2, 0) is 14.3 Å². The minimum Gasteiger partial charge on any atom is -0.466 e. The standard InChI is InChI=1S/C11H17N3O3/c1-3-5-9(8-11(16)17-4-2)13-14-10(15)6-7-12/h3-6,8H2,1-2H3,(H,14,15)/b13-9+. The van der Waals surface area contributed by atoms with E-state index in [1.54, 1.807) is 13.0 Å². The highest BCUT2D eigenvalue weighted by Crippen LogP contribution is 1.99. The molecule has 17 heavy (non-hydrogen) atoms. The average molecular weight is 239 g/mol. The van der Waals surface area contributed by atoms with E-state index in [2.05, 4.69) is 10.5 Å². The Kier molecular flexibility index (Phi) is 8.29. The number of nitriles is 1. The van der Waals surface area contributed by atoms with Gasteiger partial charge in [-0.15, -0.1) is 0 Å². The number of carbonyl (C=O) groups is 2. The predicted octanol–water partition coefficient (Wildman–Crippen LogP) is 1.13. The fraction of sp³-hybridized carbons (Fsp3) is 0.636. The van der Waals surface area contributed by atoms with Gasteiger partial charge in [0.2, 0.25) is 0 Å². The zero-order valence-corrected chi connectivity index (χ0v) is 10.2. The van der Waals surface area contributed by atoms with Crippen molar-refractivity contribution >= 4 is 17.6 Å². The molecular weight excluding hydrogens is 222 g/mol. The fourth-order valence-electron chi connectivity index (χ4n) is 1.10. The molecule has 6 heteroatoms. The van der Waals surface area contributed by atoms with Crippen LogP contribution in [0.25, 0.3) is 0 Å². The van der Waals surface area contributed by atoms with Crippen molar-refractivity contribution in [1.82, 2.24) is 5.43 Å². The fourth-order valence-corrected chi connectivity index (χ4v) is 1.10. The average Bonchev–Trinajstić information content (AvgIpc) is 2.27. The highest BCUT2D eigenvalue weighted by molar-refractivity contribution is 5.99. The molecule has 0 aromatic heterocycles. The van der Waals surface area contributed by atoms with Crippen molar-refractivity contribution in [3.8, 4) is 6.07 Å². The minimum atomic E-state index is -0.482. The van der Waals surface area contributed by atoms with Crippen LogP contribution < -0.4 is 5.43 Å². The summed E-state index contributed by atoms with van der Waals surface area (Å²) in [5, 5.41) is 12.1. The molecule has 0 rings (SSSR count). The van der Waals surface area contributed by atoms with Crippen LogP contribution in [0.15, 0.2) is 5.10 Å². The maximum absolute atomic E-state index is 11.2. The summed E-state index contributed by atoms with van der Waals surface area (Å²) in [5.74, 6) is -0.848. The van der Waals surface area contributed by atoms with E-state index >= 15 is 0 Å². The molecule has 0 saturated heterocycles. The van der Waals surface area contributed by atoms with E-state index in [9.17, 15) is 9.59 Å². The molecule has 0 aromatic carbocycles. The molecule has 0 aliphatic rings. The number of nitrogens with one attached hydrogen (secondary N) is 1. The van der Waals surface area contributed by atoms with Gasteiger partial charge in [-0.1, -0.05) is 13.3 Å². The summed E-state index contributed by atoms with van der Waals surface area (Å²) >= 11 is 0. The number of hydrogen-bond acceptors (Lipinski definition) is 5. The van der Waals surface area contributed by atoms with E-state index in [4.69, 9.17) is 10.00 Å². The van der Waals surface area contributed by atoms with Crippen LogP contribution in [0.3, 0.4) is 0 Å². The number of nitrogens with zero attached hydrogens (tertiary/aromatic N) is 2. The molecule has 1 N–H and O–H groups in total. The Balaban J connectivity index is 4.30. The molecule has 0 radical (unpaired) electrons. The van der Waals surface area contributed by atoms with Gasteiger partial charge in [-0.25, -0.2) is 5.43 Å². The predicted molar refractivity (Wildman–Crippen MR) is 62.0 cm³/mol. The van der Waals surface area contributed by atoms with Gasteiger partial charge in [-0.3, -0.25) is 9.59 Å². The second kappa shape index (κ2) is 9.33. The van der Waals surface area contributed by atoms with Gasteiger partial charge in [0.15, 0.2) is 0 Å². The highest BCUT2D eigenvalue weighted by Gasteiger charge is 2.08. The molecule has 0 saturated carbocycles. The first-order valence-electron chi connectivity index (χ1n) is 5.50. The van der Waals surface area contributed by atoms with Gasteiger partial charge in [0.25, 0.3) is 5.91 Å². The molecule has 0 aliphatic heterocycles. The zero-order chi connectivity index (χ0) is 13.1. The smallest absolute Gasteiger partial charge is 0.311 e. The molecule has 94 valence electrons. The molecule has 0 heterocycles. The van der Waals surface area contributed by atoms with Crippen LogP contribution >= 0.6 is 0 Å². The van der Waals surface area contributed by atoms with Crippen molar-refractivity contribution < 1.29 is 14.3 Å². The minimum absolute atomic E-state index is 0.0640. The molecule has 0 unspecified atom stereocenters.